The number of para-hydroxylation sites is 1. The van der Waals surface area contributed by atoms with E-state index in [4.69, 9.17) is 4.98 Å². The fourth-order valence-electron chi connectivity index (χ4n) is 4.18. The number of hydrogen-bond acceptors (Lipinski definition) is 2. The summed E-state index contributed by atoms with van der Waals surface area (Å²) in [6, 6.07) is 34.6. The predicted molar refractivity (Wildman–Crippen MR) is 132 cm³/mol. The van der Waals surface area contributed by atoms with Crippen molar-refractivity contribution in [2.75, 3.05) is 6.54 Å². The van der Waals surface area contributed by atoms with Gasteiger partial charge in [0.15, 0.2) is 0 Å². The van der Waals surface area contributed by atoms with Gasteiger partial charge in [-0.2, -0.15) is 0 Å². The second-order valence-electron chi connectivity index (χ2n) is 7.94. The van der Waals surface area contributed by atoms with Gasteiger partial charge in [0.25, 0.3) is 5.91 Å². The maximum Gasteiger partial charge on any atom is 0.252 e. The molecule has 0 spiro atoms. The number of carbonyl (C=O) groups is 1. The molecular weight excluding hydrogens is 392 g/mol. The highest BCUT2D eigenvalue weighted by Crippen LogP contribution is 2.30. The lowest BCUT2D eigenvalue weighted by Crippen LogP contribution is -2.25. The smallest absolute Gasteiger partial charge is 0.252 e. The lowest BCUT2D eigenvalue weighted by atomic mass is 9.99. The minimum absolute atomic E-state index is 0.0573. The third kappa shape index (κ3) is 4.10. The Kier molecular flexibility index (Phi) is 5.63. The maximum absolute atomic E-state index is 13.2. The molecule has 0 aliphatic rings. The average molecular weight is 417 g/mol. The molecule has 0 aliphatic heterocycles. The van der Waals surface area contributed by atoms with Crippen molar-refractivity contribution in [1.82, 2.24) is 10.3 Å². The molecule has 3 heteroatoms. The Bertz CT molecular complexity index is 1390. The number of carbonyl (C=O) groups excluding carboxylic acids is 1. The number of pyridine rings is 1. The summed E-state index contributed by atoms with van der Waals surface area (Å²) in [5, 5.41) is 6.27. The molecule has 0 atom stereocenters. The normalized spacial score (nSPS) is 11.0. The molecule has 4 aromatic carbocycles. The molecule has 5 aromatic rings. The summed E-state index contributed by atoms with van der Waals surface area (Å²) in [7, 11) is 0. The zero-order valence-electron chi connectivity index (χ0n) is 17.8. The van der Waals surface area contributed by atoms with Crippen LogP contribution < -0.4 is 5.32 Å². The van der Waals surface area contributed by atoms with E-state index < -0.39 is 0 Å². The van der Waals surface area contributed by atoms with E-state index in [0.717, 1.165) is 45.8 Å². The van der Waals surface area contributed by atoms with E-state index in [2.05, 4.69) is 41.7 Å². The van der Waals surface area contributed by atoms with Gasteiger partial charge in [-0.25, -0.2) is 4.98 Å². The minimum atomic E-state index is -0.0573. The van der Waals surface area contributed by atoms with Crippen LogP contribution in [0.15, 0.2) is 103 Å². The van der Waals surface area contributed by atoms with Gasteiger partial charge in [0.05, 0.1) is 16.8 Å². The molecule has 0 saturated carbocycles. The van der Waals surface area contributed by atoms with E-state index in [1.54, 1.807) is 0 Å². The minimum Gasteiger partial charge on any atom is -0.352 e. The van der Waals surface area contributed by atoms with Crippen molar-refractivity contribution >= 4 is 27.6 Å². The molecule has 1 heterocycles. The monoisotopic (exact) mass is 416 g/mol. The summed E-state index contributed by atoms with van der Waals surface area (Å²) in [5.41, 5.74) is 4.63. The molecule has 1 aromatic heterocycles. The molecule has 1 amide bonds. The van der Waals surface area contributed by atoms with Gasteiger partial charge in [-0.15, -0.1) is 0 Å². The van der Waals surface area contributed by atoms with Crippen molar-refractivity contribution in [1.29, 1.82) is 0 Å². The van der Waals surface area contributed by atoms with Gasteiger partial charge in [0.2, 0.25) is 0 Å². The van der Waals surface area contributed by atoms with E-state index in [-0.39, 0.29) is 5.91 Å². The third-order valence-corrected chi connectivity index (χ3v) is 5.80. The van der Waals surface area contributed by atoms with Crippen LogP contribution >= 0.6 is 0 Å². The molecule has 0 fully saturated rings. The van der Waals surface area contributed by atoms with Crippen molar-refractivity contribution in [3.05, 3.63) is 114 Å². The summed E-state index contributed by atoms with van der Waals surface area (Å²) >= 11 is 0. The number of nitrogens with zero attached hydrogens (tertiary/aromatic N) is 1. The van der Waals surface area contributed by atoms with Gasteiger partial charge < -0.3 is 5.32 Å². The first-order valence-electron chi connectivity index (χ1n) is 11.0. The Morgan fingerprint density at radius 1 is 0.750 bits per heavy atom. The summed E-state index contributed by atoms with van der Waals surface area (Å²) < 4.78 is 0. The van der Waals surface area contributed by atoms with Crippen LogP contribution in [0.3, 0.4) is 0 Å². The molecule has 32 heavy (non-hydrogen) atoms. The average Bonchev–Trinajstić information content (AvgIpc) is 2.86. The number of aromatic nitrogens is 1. The first-order valence-corrected chi connectivity index (χ1v) is 11.0. The molecule has 0 bridgehead atoms. The van der Waals surface area contributed by atoms with Crippen molar-refractivity contribution in [2.24, 2.45) is 0 Å². The summed E-state index contributed by atoms with van der Waals surface area (Å²) in [4.78, 5) is 18.1. The molecule has 5 rings (SSSR count). The predicted octanol–water partition coefficient (Wildman–Crippen LogP) is 6.42. The summed E-state index contributed by atoms with van der Waals surface area (Å²) in [5.74, 6) is -0.0573. The Labute approximate surface area is 187 Å². The number of fused-ring (bicyclic) bond motifs is 2. The Morgan fingerprint density at radius 3 is 2.34 bits per heavy atom. The highest BCUT2D eigenvalue weighted by molar-refractivity contribution is 6.08. The van der Waals surface area contributed by atoms with Crippen LogP contribution in [0.25, 0.3) is 32.9 Å². The summed E-state index contributed by atoms with van der Waals surface area (Å²) in [6.45, 7) is 0.633. The van der Waals surface area contributed by atoms with Gasteiger partial charge in [-0.05, 0) is 41.3 Å². The maximum atomic E-state index is 13.2. The topological polar surface area (TPSA) is 42.0 Å². The lowest BCUT2D eigenvalue weighted by molar-refractivity contribution is 0.0955. The summed E-state index contributed by atoms with van der Waals surface area (Å²) in [6.07, 6.45) is 1.84. The highest BCUT2D eigenvalue weighted by atomic mass is 16.1. The van der Waals surface area contributed by atoms with Crippen molar-refractivity contribution < 1.29 is 4.79 Å². The molecule has 0 radical (unpaired) electrons. The van der Waals surface area contributed by atoms with Crippen molar-refractivity contribution in [3.8, 4) is 11.3 Å². The largest absolute Gasteiger partial charge is 0.352 e. The van der Waals surface area contributed by atoms with Crippen molar-refractivity contribution in [3.63, 3.8) is 0 Å². The lowest BCUT2D eigenvalue weighted by Gasteiger charge is -2.12. The van der Waals surface area contributed by atoms with E-state index in [1.807, 2.05) is 66.7 Å². The van der Waals surface area contributed by atoms with Gasteiger partial charge in [0.1, 0.15) is 0 Å². The van der Waals surface area contributed by atoms with E-state index in [9.17, 15) is 4.79 Å². The fourth-order valence-corrected chi connectivity index (χ4v) is 4.18. The Hall–Kier alpha value is -3.98. The third-order valence-electron chi connectivity index (χ3n) is 5.80. The molecule has 0 unspecified atom stereocenters. The SMILES string of the molecule is O=C(NCCCc1ccccc1)c1cc(-c2cccc3ccccc23)nc2ccccc12. The van der Waals surface area contributed by atoms with E-state index >= 15 is 0 Å². The number of hydrogen-bond donors (Lipinski definition) is 1. The second kappa shape index (κ2) is 9.03. The van der Waals surface area contributed by atoms with Crippen LogP contribution in [-0.4, -0.2) is 17.4 Å². The number of aryl methyl sites for hydroxylation is 1. The van der Waals surface area contributed by atoms with Gasteiger partial charge in [-0.3, -0.25) is 4.79 Å². The first-order chi connectivity index (χ1) is 15.8. The first kappa shape index (κ1) is 20.0. The zero-order chi connectivity index (χ0) is 21.8. The highest BCUT2D eigenvalue weighted by Gasteiger charge is 2.15. The van der Waals surface area contributed by atoms with Gasteiger partial charge >= 0.3 is 0 Å². The van der Waals surface area contributed by atoms with E-state index in [0.29, 0.717) is 12.1 Å². The Morgan fingerprint density at radius 2 is 1.47 bits per heavy atom. The molecule has 0 saturated heterocycles. The van der Waals surface area contributed by atoms with E-state index in [1.165, 1.54) is 5.56 Å². The fraction of sp³-hybridized carbons (Fsp3) is 0.103. The van der Waals surface area contributed by atoms with Crippen LogP contribution in [0.5, 0.6) is 0 Å². The van der Waals surface area contributed by atoms with Crippen molar-refractivity contribution in [2.45, 2.75) is 12.8 Å². The Balaban J connectivity index is 1.45. The molecule has 156 valence electrons. The number of nitrogens with one attached hydrogen (secondary N) is 1. The van der Waals surface area contributed by atoms with Crippen LogP contribution in [0.4, 0.5) is 0 Å². The zero-order valence-corrected chi connectivity index (χ0v) is 17.8. The number of benzene rings is 4. The quantitative estimate of drug-likeness (QED) is 0.325. The molecule has 1 N–H and O–H groups in total. The molecular formula is C29H24N2O. The number of amides is 1. The standard InChI is InChI=1S/C29H24N2O/c32-29(30-19-9-12-21-10-2-1-3-11-21)26-20-28(31-27-18-7-6-16-25(26)27)24-17-8-14-22-13-4-5-15-23(22)24/h1-8,10-11,13-18,20H,9,12,19H2,(H,30,32). The second-order valence-corrected chi connectivity index (χ2v) is 7.94. The van der Waals surface area contributed by atoms with Crippen LogP contribution in [0.1, 0.15) is 22.3 Å². The van der Waals surface area contributed by atoms with Gasteiger partial charge in [-0.1, -0.05) is 91.0 Å². The van der Waals surface area contributed by atoms with Crippen LogP contribution in [-0.2, 0) is 6.42 Å². The van der Waals surface area contributed by atoms with Crippen LogP contribution in [0.2, 0.25) is 0 Å². The number of rotatable bonds is 6. The van der Waals surface area contributed by atoms with Crippen LogP contribution in [0, 0.1) is 0 Å². The molecule has 3 nitrogen and oxygen atoms in total. The van der Waals surface area contributed by atoms with Gasteiger partial charge in [0, 0.05) is 17.5 Å². The molecule has 0 aliphatic carbocycles.